The Hall–Kier alpha value is -0.610. The van der Waals surface area contributed by atoms with Crippen LogP contribution in [0, 0.1) is 17.8 Å². The molecular formula is C18H34N2O2. The van der Waals surface area contributed by atoms with E-state index in [9.17, 15) is 4.79 Å². The summed E-state index contributed by atoms with van der Waals surface area (Å²) in [5, 5.41) is 12.7. The number of carboxylic acids is 1. The van der Waals surface area contributed by atoms with Crippen molar-refractivity contribution in [2.45, 2.75) is 64.8 Å². The normalized spacial score (nSPS) is 27.6. The number of piperidine rings is 1. The summed E-state index contributed by atoms with van der Waals surface area (Å²) in [4.78, 5) is 13.4. The van der Waals surface area contributed by atoms with Gasteiger partial charge in [0.1, 0.15) is 0 Å². The number of rotatable bonds is 8. The number of hydrogen-bond donors (Lipinski definition) is 2. The number of nitrogens with one attached hydrogen (secondary N) is 1. The first-order chi connectivity index (χ1) is 10.5. The fraction of sp³-hybridized carbons (Fsp3) is 0.944. The molecule has 0 bridgehead atoms. The van der Waals surface area contributed by atoms with Gasteiger partial charge in [-0.3, -0.25) is 4.79 Å². The molecule has 2 unspecified atom stereocenters. The fourth-order valence-electron chi connectivity index (χ4n) is 4.20. The highest BCUT2D eigenvalue weighted by atomic mass is 16.4. The number of nitrogens with zero attached hydrogens (tertiary/aromatic N) is 1. The molecule has 0 amide bonds. The minimum absolute atomic E-state index is 0.315. The fourth-order valence-corrected chi connectivity index (χ4v) is 4.20. The molecule has 1 heterocycles. The first-order valence-electron chi connectivity index (χ1n) is 9.20. The van der Waals surface area contributed by atoms with Crippen molar-refractivity contribution < 1.29 is 9.90 Å². The van der Waals surface area contributed by atoms with Gasteiger partial charge >= 0.3 is 5.97 Å². The third kappa shape index (κ3) is 6.25. The quantitative estimate of drug-likeness (QED) is 0.724. The molecule has 128 valence electrons. The smallest absolute Gasteiger partial charge is 0.303 e. The Labute approximate surface area is 135 Å². The number of aliphatic carboxylic acids is 1. The van der Waals surface area contributed by atoms with E-state index in [1.807, 2.05) is 0 Å². The zero-order chi connectivity index (χ0) is 15.9. The van der Waals surface area contributed by atoms with Crippen LogP contribution in [0.3, 0.4) is 0 Å². The minimum Gasteiger partial charge on any atom is -0.481 e. The standard InChI is InChI=1S/C18H34N2O2/c1-14(2)11-20-12-16(7-8-18(21)22)9-17(13-20)19-10-15-5-3-4-6-15/h14-17,19H,3-13H2,1-2H3,(H,21,22). The van der Waals surface area contributed by atoms with E-state index in [2.05, 4.69) is 24.1 Å². The van der Waals surface area contributed by atoms with Crippen LogP contribution in [0.25, 0.3) is 0 Å². The maximum absolute atomic E-state index is 10.9. The van der Waals surface area contributed by atoms with E-state index in [-0.39, 0.29) is 0 Å². The molecule has 2 rings (SSSR count). The van der Waals surface area contributed by atoms with E-state index < -0.39 is 5.97 Å². The average Bonchev–Trinajstić information content (AvgIpc) is 2.95. The van der Waals surface area contributed by atoms with E-state index in [0.29, 0.717) is 24.3 Å². The van der Waals surface area contributed by atoms with Crippen LogP contribution in [0.5, 0.6) is 0 Å². The van der Waals surface area contributed by atoms with E-state index >= 15 is 0 Å². The summed E-state index contributed by atoms with van der Waals surface area (Å²) < 4.78 is 0. The second-order valence-electron chi connectivity index (χ2n) is 7.90. The van der Waals surface area contributed by atoms with Crippen LogP contribution in [0.2, 0.25) is 0 Å². The molecule has 2 atom stereocenters. The third-order valence-corrected chi connectivity index (χ3v) is 5.17. The maximum Gasteiger partial charge on any atom is 0.303 e. The van der Waals surface area contributed by atoms with Gasteiger partial charge in [-0.25, -0.2) is 0 Å². The summed E-state index contributed by atoms with van der Waals surface area (Å²) in [6.07, 6.45) is 7.86. The van der Waals surface area contributed by atoms with Crippen LogP contribution in [0.1, 0.15) is 58.8 Å². The van der Waals surface area contributed by atoms with Gasteiger partial charge in [0, 0.05) is 32.1 Å². The molecule has 1 saturated heterocycles. The monoisotopic (exact) mass is 310 g/mol. The van der Waals surface area contributed by atoms with Gasteiger partial charge in [-0.2, -0.15) is 0 Å². The highest BCUT2D eigenvalue weighted by Gasteiger charge is 2.28. The topological polar surface area (TPSA) is 52.6 Å². The van der Waals surface area contributed by atoms with Gasteiger partial charge in [-0.05, 0) is 50.0 Å². The van der Waals surface area contributed by atoms with Crippen LogP contribution in [0.15, 0.2) is 0 Å². The van der Waals surface area contributed by atoms with Crippen molar-refractivity contribution in [1.29, 1.82) is 0 Å². The molecule has 1 saturated carbocycles. The lowest BCUT2D eigenvalue weighted by molar-refractivity contribution is -0.137. The van der Waals surface area contributed by atoms with E-state index in [4.69, 9.17) is 5.11 Å². The van der Waals surface area contributed by atoms with E-state index in [1.54, 1.807) is 0 Å². The summed E-state index contributed by atoms with van der Waals surface area (Å²) >= 11 is 0. The maximum atomic E-state index is 10.9. The molecule has 0 aromatic carbocycles. The Kier molecular flexibility index (Phi) is 7.16. The molecule has 2 N–H and O–H groups in total. The van der Waals surface area contributed by atoms with Gasteiger partial charge in [0.05, 0.1) is 0 Å². The third-order valence-electron chi connectivity index (χ3n) is 5.17. The van der Waals surface area contributed by atoms with Crippen LogP contribution in [-0.4, -0.2) is 48.2 Å². The van der Waals surface area contributed by atoms with Crippen LogP contribution < -0.4 is 5.32 Å². The lowest BCUT2D eigenvalue weighted by Gasteiger charge is -2.39. The lowest BCUT2D eigenvalue weighted by Crippen LogP contribution is -2.50. The van der Waals surface area contributed by atoms with Gasteiger partial charge in [-0.15, -0.1) is 0 Å². The Morgan fingerprint density at radius 1 is 1.23 bits per heavy atom. The summed E-state index contributed by atoms with van der Waals surface area (Å²) in [6.45, 7) is 9.03. The second-order valence-corrected chi connectivity index (χ2v) is 7.90. The van der Waals surface area contributed by atoms with Gasteiger partial charge in [0.2, 0.25) is 0 Å². The minimum atomic E-state index is -0.656. The number of hydrogen-bond acceptors (Lipinski definition) is 3. The molecule has 2 fully saturated rings. The lowest BCUT2D eigenvalue weighted by atomic mass is 9.89. The molecule has 1 aliphatic carbocycles. The molecule has 4 nitrogen and oxygen atoms in total. The first-order valence-corrected chi connectivity index (χ1v) is 9.20. The SMILES string of the molecule is CC(C)CN1CC(CCC(=O)O)CC(NCC2CCCC2)C1. The van der Waals surface area contributed by atoms with Crippen LogP contribution in [0.4, 0.5) is 0 Å². The van der Waals surface area contributed by atoms with Gasteiger partial charge in [0.25, 0.3) is 0 Å². The van der Waals surface area contributed by atoms with Crippen molar-refractivity contribution in [3.8, 4) is 0 Å². The highest BCUT2D eigenvalue weighted by molar-refractivity contribution is 5.66. The largest absolute Gasteiger partial charge is 0.481 e. The Bertz CT molecular complexity index is 340. The van der Waals surface area contributed by atoms with Gasteiger partial charge < -0.3 is 15.3 Å². The second kappa shape index (κ2) is 8.88. The zero-order valence-electron chi connectivity index (χ0n) is 14.4. The number of carboxylic acid groups (broad SMARTS) is 1. The summed E-state index contributed by atoms with van der Waals surface area (Å²) in [7, 11) is 0. The highest BCUT2D eigenvalue weighted by Crippen LogP contribution is 2.26. The molecule has 0 radical (unpaired) electrons. The average molecular weight is 310 g/mol. The molecule has 1 aliphatic heterocycles. The number of likely N-dealkylation sites (tertiary alicyclic amines) is 1. The molecule has 0 spiro atoms. The molecule has 4 heteroatoms. The Morgan fingerprint density at radius 3 is 2.59 bits per heavy atom. The predicted octanol–water partition coefficient (Wildman–Crippen LogP) is 2.98. The van der Waals surface area contributed by atoms with Gasteiger partial charge in [0.15, 0.2) is 0 Å². The summed E-state index contributed by atoms with van der Waals surface area (Å²) in [6, 6.07) is 0.548. The first kappa shape index (κ1) is 17.7. The van der Waals surface area contributed by atoms with Crippen molar-refractivity contribution in [2.24, 2.45) is 17.8 Å². The summed E-state index contributed by atoms with van der Waals surface area (Å²) in [5.41, 5.74) is 0. The molecule has 2 aliphatic rings. The zero-order valence-corrected chi connectivity index (χ0v) is 14.4. The predicted molar refractivity (Wildman–Crippen MR) is 90.0 cm³/mol. The Morgan fingerprint density at radius 2 is 1.95 bits per heavy atom. The molecule has 0 aromatic heterocycles. The molecular weight excluding hydrogens is 276 g/mol. The van der Waals surface area contributed by atoms with Crippen molar-refractivity contribution >= 4 is 5.97 Å². The van der Waals surface area contributed by atoms with E-state index in [0.717, 1.165) is 44.9 Å². The van der Waals surface area contributed by atoms with Crippen LogP contribution in [-0.2, 0) is 4.79 Å². The van der Waals surface area contributed by atoms with E-state index in [1.165, 1.54) is 25.7 Å². The number of carbonyl (C=O) groups is 1. The van der Waals surface area contributed by atoms with Crippen molar-refractivity contribution in [3.05, 3.63) is 0 Å². The van der Waals surface area contributed by atoms with Crippen LogP contribution >= 0.6 is 0 Å². The molecule has 22 heavy (non-hydrogen) atoms. The van der Waals surface area contributed by atoms with Crippen molar-refractivity contribution in [3.63, 3.8) is 0 Å². The Balaban J connectivity index is 1.81. The van der Waals surface area contributed by atoms with Crippen molar-refractivity contribution in [2.75, 3.05) is 26.2 Å². The van der Waals surface area contributed by atoms with Crippen molar-refractivity contribution in [1.82, 2.24) is 10.2 Å². The molecule has 0 aromatic rings. The summed E-state index contributed by atoms with van der Waals surface area (Å²) in [5.74, 6) is 1.42. The van der Waals surface area contributed by atoms with Gasteiger partial charge in [-0.1, -0.05) is 26.7 Å².